The van der Waals surface area contributed by atoms with Gasteiger partial charge in [-0.25, -0.2) is 0 Å². The molecular weight excluding hydrogens is 260 g/mol. The topological polar surface area (TPSA) is 117 Å². The molecular formula is C13H20N4O3. The van der Waals surface area contributed by atoms with E-state index in [4.69, 9.17) is 5.73 Å². The Morgan fingerprint density at radius 1 is 1.35 bits per heavy atom. The molecule has 5 N–H and O–H groups in total. The van der Waals surface area contributed by atoms with Gasteiger partial charge in [-0.2, -0.15) is 0 Å². The quantitative estimate of drug-likeness (QED) is 0.552. The van der Waals surface area contributed by atoms with Crippen molar-refractivity contribution < 1.29 is 14.4 Å². The lowest BCUT2D eigenvalue weighted by atomic mass is 10.0. The van der Waals surface area contributed by atoms with Gasteiger partial charge in [0.2, 0.25) is 11.8 Å². The molecule has 7 heteroatoms. The Morgan fingerprint density at radius 2 is 2.05 bits per heavy atom. The lowest BCUT2D eigenvalue weighted by Gasteiger charge is -2.19. The molecule has 0 aliphatic rings. The van der Waals surface area contributed by atoms with Gasteiger partial charge in [-0.15, -0.1) is 0 Å². The monoisotopic (exact) mass is 280 g/mol. The van der Waals surface area contributed by atoms with Gasteiger partial charge in [0.05, 0.1) is 6.54 Å². The molecule has 1 aromatic rings. The first-order chi connectivity index (χ1) is 9.40. The first kappa shape index (κ1) is 15.7. The fraction of sp³-hybridized carbons (Fsp3) is 0.462. The van der Waals surface area contributed by atoms with Gasteiger partial charge < -0.3 is 21.4 Å². The molecule has 0 unspecified atom stereocenters. The third-order valence-electron chi connectivity index (χ3n) is 2.61. The first-order valence-corrected chi connectivity index (χ1v) is 6.40. The Balaban J connectivity index is 2.66. The Hall–Kier alpha value is -2.31. The van der Waals surface area contributed by atoms with Gasteiger partial charge in [-0.1, -0.05) is 13.8 Å². The third kappa shape index (κ3) is 5.13. The molecule has 0 spiro atoms. The van der Waals surface area contributed by atoms with E-state index in [0.717, 1.165) is 0 Å². The molecule has 7 nitrogen and oxygen atoms in total. The molecule has 1 aromatic heterocycles. The summed E-state index contributed by atoms with van der Waals surface area (Å²) >= 11 is 0. The molecule has 1 rings (SSSR count). The van der Waals surface area contributed by atoms with E-state index in [2.05, 4.69) is 15.6 Å². The van der Waals surface area contributed by atoms with Crippen molar-refractivity contribution in [3.8, 4) is 0 Å². The zero-order valence-electron chi connectivity index (χ0n) is 11.6. The molecule has 3 amide bonds. The van der Waals surface area contributed by atoms with Gasteiger partial charge in [0.25, 0.3) is 5.91 Å². The molecule has 1 atom stereocenters. The summed E-state index contributed by atoms with van der Waals surface area (Å²) in [5.41, 5.74) is 5.35. The van der Waals surface area contributed by atoms with E-state index >= 15 is 0 Å². The van der Waals surface area contributed by atoms with Crippen LogP contribution >= 0.6 is 0 Å². The number of nitrogens with one attached hydrogen (secondary N) is 3. The Labute approximate surface area is 117 Å². The van der Waals surface area contributed by atoms with Crippen LogP contribution in [0.15, 0.2) is 18.3 Å². The lowest BCUT2D eigenvalue weighted by molar-refractivity contribution is -0.126. The van der Waals surface area contributed by atoms with Crippen molar-refractivity contribution in [2.24, 2.45) is 11.7 Å². The summed E-state index contributed by atoms with van der Waals surface area (Å²) < 4.78 is 0. The molecule has 20 heavy (non-hydrogen) atoms. The van der Waals surface area contributed by atoms with Gasteiger partial charge in [-0.05, 0) is 24.5 Å². The average molecular weight is 280 g/mol. The van der Waals surface area contributed by atoms with E-state index in [1.165, 1.54) is 0 Å². The van der Waals surface area contributed by atoms with Gasteiger partial charge >= 0.3 is 0 Å². The van der Waals surface area contributed by atoms with E-state index in [-0.39, 0.29) is 18.4 Å². The maximum Gasteiger partial charge on any atom is 0.268 e. The number of rotatable bonds is 7. The molecule has 1 heterocycles. The first-order valence-electron chi connectivity index (χ1n) is 6.40. The summed E-state index contributed by atoms with van der Waals surface area (Å²) in [6.07, 6.45) is 2.09. The number of hydrogen-bond acceptors (Lipinski definition) is 3. The van der Waals surface area contributed by atoms with Crippen LogP contribution in [-0.4, -0.2) is 35.3 Å². The molecule has 0 aliphatic carbocycles. The SMILES string of the molecule is CC(C)C[C@H](NC(=O)c1ccc[nH]1)C(=O)NCC(N)=O. The highest BCUT2D eigenvalue weighted by atomic mass is 16.2. The van der Waals surface area contributed by atoms with Crippen LogP contribution in [0.4, 0.5) is 0 Å². The summed E-state index contributed by atoms with van der Waals surface area (Å²) in [5, 5.41) is 5.04. The minimum absolute atomic E-state index is 0.211. The highest BCUT2D eigenvalue weighted by Gasteiger charge is 2.22. The molecule has 0 aliphatic heterocycles. The maximum absolute atomic E-state index is 11.9. The summed E-state index contributed by atoms with van der Waals surface area (Å²) in [4.78, 5) is 37.3. The molecule has 0 saturated carbocycles. The normalized spacial score (nSPS) is 11.9. The van der Waals surface area contributed by atoms with Crippen molar-refractivity contribution in [3.63, 3.8) is 0 Å². The number of carbonyl (C=O) groups is 3. The molecule has 0 bridgehead atoms. The van der Waals surface area contributed by atoms with E-state index in [1.54, 1.807) is 18.3 Å². The van der Waals surface area contributed by atoms with E-state index in [9.17, 15) is 14.4 Å². The van der Waals surface area contributed by atoms with Crippen molar-refractivity contribution in [2.45, 2.75) is 26.3 Å². The second-order valence-corrected chi connectivity index (χ2v) is 4.92. The van der Waals surface area contributed by atoms with Crippen molar-refractivity contribution >= 4 is 17.7 Å². The van der Waals surface area contributed by atoms with Crippen LogP contribution in [0.5, 0.6) is 0 Å². The minimum Gasteiger partial charge on any atom is -0.368 e. The van der Waals surface area contributed by atoms with E-state index < -0.39 is 17.9 Å². The van der Waals surface area contributed by atoms with Gasteiger partial charge in [0, 0.05) is 6.20 Å². The lowest BCUT2D eigenvalue weighted by Crippen LogP contribution is -2.49. The van der Waals surface area contributed by atoms with Crippen LogP contribution in [0.25, 0.3) is 0 Å². The number of aromatic amines is 1. The van der Waals surface area contributed by atoms with Crippen LogP contribution in [-0.2, 0) is 9.59 Å². The standard InChI is InChI=1S/C13H20N4O3/c1-8(2)6-10(12(19)16-7-11(14)18)17-13(20)9-4-3-5-15-9/h3-5,8,10,15H,6-7H2,1-2H3,(H2,14,18)(H,16,19)(H,17,20)/t10-/m0/s1. The van der Waals surface area contributed by atoms with Gasteiger partial charge in [0.15, 0.2) is 0 Å². The number of nitrogens with two attached hydrogens (primary N) is 1. The molecule has 0 aromatic carbocycles. The third-order valence-corrected chi connectivity index (χ3v) is 2.61. The van der Waals surface area contributed by atoms with Crippen molar-refractivity contribution in [2.75, 3.05) is 6.54 Å². The van der Waals surface area contributed by atoms with Crippen molar-refractivity contribution in [1.29, 1.82) is 0 Å². The number of amides is 3. The number of aromatic nitrogens is 1. The van der Waals surface area contributed by atoms with Gasteiger partial charge in [-0.3, -0.25) is 14.4 Å². The van der Waals surface area contributed by atoms with Crippen molar-refractivity contribution in [3.05, 3.63) is 24.0 Å². The van der Waals surface area contributed by atoms with Crippen LogP contribution in [0.3, 0.4) is 0 Å². The van der Waals surface area contributed by atoms with E-state index in [0.29, 0.717) is 12.1 Å². The highest BCUT2D eigenvalue weighted by Crippen LogP contribution is 2.06. The fourth-order valence-electron chi connectivity index (χ4n) is 1.71. The predicted molar refractivity (Wildman–Crippen MR) is 73.7 cm³/mol. The van der Waals surface area contributed by atoms with Crippen LogP contribution < -0.4 is 16.4 Å². The summed E-state index contributed by atoms with van der Waals surface area (Å²) in [6, 6.07) is 2.60. The molecule has 0 fully saturated rings. The largest absolute Gasteiger partial charge is 0.368 e. The van der Waals surface area contributed by atoms with Crippen LogP contribution in [0.2, 0.25) is 0 Å². The van der Waals surface area contributed by atoms with Crippen LogP contribution in [0, 0.1) is 5.92 Å². The molecule has 110 valence electrons. The second kappa shape index (κ2) is 7.32. The maximum atomic E-state index is 11.9. The Morgan fingerprint density at radius 3 is 2.55 bits per heavy atom. The number of H-pyrrole nitrogens is 1. The zero-order chi connectivity index (χ0) is 15.1. The van der Waals surface area contributed by atoms with Crippen molar-refractivity contribution in [1.82, 2.24) is 15.6 Å². The zero-order valence-corrected chi connectivity index (χ0v) is 11.6. The molecule has 0 radical (unpaired) electrons. The Kier molecular flexibility index (Phi) is 5.76. The fourth-order valence-corrected chi connectivity index (χ4v) is 1.71. The van der Waals surface area contributed by atoms with Gasteiger partial charge in [0.1, 0.15) is 11.7 Å². The number of hydrogen-bond donors (Lipinski definition) is 4. The summed E-state index contributed by atoms with van der Waals surface area (Å²) in [7, 11) is 0. The number of primary amides is 1. The molecule has 0 saturated heterocycles. The average Bonchev–Trinajstić information content (AvgIpc) is 2.88. The Bertz CT molecular complexity index is 468. The summed E-state index contributed by atoms with van der Waals surface area (Å²) in [5.74, 6) is -1.20. The van der Waals surface area contributed by atoms with Crippen LogP contribution in [0.1, 0.15) is 30.8 Å². The smallest absolute Gasteiger partial charge is 0.268 e. The highest BCUT2D eigenvalue weighted by molar-refractivity contribution is 5.96. The number of carbonyl (C=O) groups excluding carboxylic acids is 3. The predicted octanol–water partition coefficient (Wildman–Crippen LogP) is -0.239. The van der Waals surface area contributed by atoms with E-state index in [1.807, 2.05) is 13.8 Å². The summed E-state index contributed by atoms with van der Waals surface area (Å²) in [6.45, 7) is 3.64. The second-order valence-electron chi connectivity index (χ2n) is 4.92. The minimum atomic E-state index is -0.704.